The highest BCUT2D eigenvalue weighted by Crippen LogP contribution is 2.59. The van der Waals surface area contributed by atoms with Crippen LogP contribution < -0.4 is 9.62 Å². The van der Waals surface area contributed by atoms with Gasteiger partial charge in [-0.05, 0) is 74.3 Å². The van der Waals surface area contributed by atoms with Crippen molar-refractivity contribution in [1.82, 2.24) is 0 Å². The summed E-state index contributed by atoms with van der Waals surface area (Å²) in [5.74, 6) is 0.805. The number of hydrogen-bond donors (Lipinski definition) is 1. The number of amides is 1. The topological polar surface area (TPSA) is 66.5 Å². The molecule has 0 unspecified atom stereocenters. The SMILES string of the molecule is Cc1ccc(CS(=O)(=O)Nc2ccc3c(c2)CCC(=O)N3C2(C3CC3)CC2)cc1. The predicted molar refractivity (Wildman–Crippen MR) is 114 cm³/mol. The average molecular weight is 411 g/mol. The molecule has 2 aromatic rings. The molecule has 3 aliphatic rings. The van der Waals surface area contributed by atoms with E-state index in [2.05, 4.69) is 4.72 Å². The molecule has 5 rings (SSSR count). The fourth-order valence-electron chi connectivity index (χ4n) is 4.73. The molecule has 5 nitrogen and oxygen atoms in total. The highest BCUT2D eigenvalue weighted by Gasteiger charge is 2.60. The number of carbonyl (C=O) groups is 1. The van der Waals surface area contributed by atoms with E-state index >= 15 is 0 Å². The third-order valence-electron chi connectivity index (χ3n) is 6.47. The molecule has 2 aromatic carbocycles. The highest BCUT2D eigenvalue weighted by molar-refractivity contribution is 7.91. The Balaban J connectivity index is 1.38. The van der Waals surface area contributed by atoms with E-state index in [1.54, 1.807) is 6.07 Å². The molecule has 0 saturated heterocycles. The van der Waals surface area contributed by atoms with E-state index in [0.29, 0.717) is 24.4 Å². The first kappa shape index (κ1) is 18.7. The number of benzene rings is 2. The average Bonchev–Trinajstić information content (AvgIpc) is 3.56. The van der Waals surface area contributed by atoms with E-state index in [4.69, 9.17) is 0 Å². The molecule has 0 bridgehead atoms. The zero-order valence-electron chi connectivity index (χ0n) is 16.6. The van der Waals surface area contributed by atoms with Crippen LogP contribution in [0.2, 0.25) is 0 Å². The Morgan fingerprint density at radius 3 is 2.45 bits per heavy atom. The number of nitrogens with zero attached hydrogens (tertiary/aromatic N) is 1. The second kappa shape index (κ2) is 6.59. The van der Waals surface area contributed by atoms with Crippen molar-refractivity contribution in [1.29, 1.82) is 0 Å². The molecular weight excluding hydrogens is 384 g/mol. The van der Waals surface area contributed by atoms with E-state index in [-0.39, 0.29) is 17.2 Å². The Labute approximate surface area is 172 Å². The molecule has 2 saturated carbocycles. The van der Waals surface area contributed by atoms with E-state index in [0.717, 1.165) is 35.2 Å². The van der Waals surface area contributed by atoms with Crippen molar-refractivity contribution in [3.8, 4) is 0 Å². The third kappa shape index (κ3) is 3.54. The zero-order chi connectivity index (χ0) is 20.2. The van der Waals surface area contributed by atoms with Crippen molar-refractivity contribution >= 4 is 27.3 Å². The van der Waals surface area contributed by atoms with E-state index < -0.39 is 10.0 Å². The molecule has 0 atom stereocenters. The van der Waals surface area contributed by atoms with Gasteiger partial charge in [0.15, 0.2) is 0 Å². The molecule has 6 heteroatoms. The van der Waals surface area contributed by atoms with Crippen molar-refractivity contribution in [2.24, 2.45) is 5.92 Å². The molecule has 29 heavy (non-hydrogen) atoms. The summed E-state index contributed by atoms with van der Waals surface area (Å²) in [5, 5.41) is 0. The molecule has 1 aliphatic heterocycles. The first-order valence-corrected chi connectivity index (χ1v) is 12.0. The number of anilines is 2. The normalized spacial score (nSPS) is 20.3. The van der Waals surface area contributed by atoms with E-state index in [9.17, 15) is 13.2 Å². The van der Waals surface area contributed by atoms with Crippen LogP contribution in [0.15, 0.2) is 42.5 Å². The number of aryl methyl sites for hydroxylation is 2. The van der Waals surface area contributed by atoms with Crippen LogP contribution >= 0.6 is 0 Å². The smallest absolute Gasteiger partial charge is 0.236 e. The quantitative estimate of drug-likeness (QED) is 0.778. The van der Waals surface area contributed by atoms with Crippen molar-refractivity contribution in [2.75, 3.05) is 9.62 Å². The van der Waals surface area contributed by atoms with E-state index in [1.165, 1.54) is 12.8 Å². The van der Waals surface area contributed by atoms with Gasteiger partial charge in [0.2, 0.25) is 15.9 Å². The van der Waals surface area contributed by atoms with Crippen molar-refractivity contribution in [3.63, 3.8) is 0 Å². The fraction of sp³-hybridized carbons (Fsp3) is 0.435. The Morgan fingerprint density at radius 1 is 1.07 bits per heavy atom. The maximum Gasteiger partial charge on any atom is 0.236 e. The summed E-state index contributed by atoms with van der Waals surface area (Å²) in [6.45, 7) is 1.98. The van der Waals surface area contributed by atoms with Gasteiger partial charge < -0.3 is 4.90 Å². The summed E-state index contributed by atoms with van der Waals surface area (Å²) in [7, 11) is -3.50. The number of hydrogen-bond acceptors (Lipinski definition) is 3. The van der Waals surface area contributed by atoms with Gasteiger partial charge in [0, 0.05) is 17.8 Å². The Bertz CT molecular complexity index is 1070. The molecule has 152 valence electrons. The van der Waals surface area contributed by atoms with Crippen LogP contribution in [0.25, 0.3) is 0 Å². The van der Waals surface area contributed by atoms with Crippen LogP contribution in [-0.4, -0.2) is 19.9 Å². The van der Waals surface area contributed by atoms with Crippen molar-refractivity contribution in [3.05, 3.63) is 59.2 Å². The van der Waals surface area contributed by atoms with Crippen LogP contribution in [0.3, 0.4) is 0 Å². The van der Waals surface area contributed by atoms with Gasteiger partial charge in [-0.1, -0.05) is 29.8 Å². The third-order valence-corrected chi connectivity index (χ3v) is 7.73. The minimum absolute atomic E-state index is 0.0404. The van der Waals surface area contributed by atoms with Gasteiger partial charge in [-0.25, -0.2) is 8.42 Å². The second-order valence-corrected chi connectivity index (χ2v) is 10.5. The molecule has 0 aromatic heterocycles. The standard InChI is InChI=1S/C23H26N2O3S/c1-16-2-4-17(5-3-16)15-29(27,28)24-20-9-10-21-18(14-20)6-11-22(26)25(21)23(12-13-23)19-7-8-19/h2-5,9-10,14,19,24H,6-8,11-13,15H2,1H3. The highest BCUT2D eigenvalue weighted by atomic mass is 32.2. The summed E-state index contributed by atoms with van der Waals surface area (Å²) in [6.07, 6.45) is 5.79. The summed E-state index contributed by atoms with van der Waals surface area (Å²) < 4.78 is 28.0. The lowest BCUT2D eigenvalue weighted by molar-refractivity contribution is -0.119. The summed E-state index contributed by atoms with van der Waals surface area (Å²) in [6, 6.07) is 13.2. The lowest BCUT2D eigenvalue weighted by atomic mass is 9.96. The van der Waals surface area contributed by atoms with Crippen molar-refractivity contribution < 1.29 is 13.2 Å². The van der Waals surface area contributed by atoms with Gasteiger partial charge in [0.25, 0.3) is 0 Å². The lowest BCUT2D eigenvalue weighted by Gasteiger charge is -2.37. The Hall–Kier alpha value is -2.34. The van der Waals surface area contributed by atoms with Crippen LogP contribution in [-0.2, 0) is 27.0 Å². The number of fused-ring (bicyclic) bond motifs is 1. The first-order chi connectivity index (χ1) is 13.9. The van der Waals surface area contributed by atoms with Gasteiger partial charge in [-0.3, -0.25) is 9.52 Å². The molecule has 2 fully saturated rings. The van der Waals surface area contributed by atoms with Crippen LogP contribution in [0, 0.1) is 12.8 Å². The molecular formula is C23H26N2O3S. The van der Waals surface area contributed by atoms with Crippen molar-refractivity contribution in [2.45, 2.75) is 56.7 Å². The summed E-state index contributed by atoms with van der Waals surface area (Å²) in [5.41, 5.74) is 4.52. The zero-order valence-corrected chi connectivity index (χ0v) is 17.5. The largest absolute Gasteiger partial charge is 0.306 e. The van der Waals surface area contributed by atoms with Gasteiger partial charge in [0.05, 0.1) is 11.3 Å². The van der Waals surface area contributed by atoms with Gasteiger partial charge in [0.1, 0.15) is 0 Å². The minimum Gasteiger partial charge on any atom is -0.306 e. The van der Waals surface area contributed by atoms with Crippen LogP contribution in [0.4, 0.5) is 11.4 Å². The fourth-order valence-corrected chi connectivity index (χ4v) is 5.92. The molecule has 1 N–H and O–H groups in total. The van der Waals surface area contributed by atoms with Gasteiger partial charge in [-0.15, -0.1) is 0 Å². The second-order valence-electron chi connectivity index (χ2n) is 8.80. The maximum atomic E-state index is 12.7. The molecule has 1 amide bonds. The molecule has 1 heterocycles. The number of rotatable bonds is 6. The van der Waals surface area contributed by atoms with Gasteiger partial charge >= 0.3 is 0 Å². The molecule has 0 spiro atoms. The first-order valence-electron chi connectivity index (χ1n) is 10.4. The summed E-state index contributed by atoms with van der Waals surface area (Å²) in [4.78, 5) is 14.8. The monoisotopic (exact) mass is 410 g/mol. The van der Waals surface area contributed by atoms with Gasteiger partial charge in [-0.2, -0.15) is 0 Å². The molecule has 0 radical (unpaired) electrons. The Morgan fingerprint density at radius 2 is 1.79 bits per heavy atom. The number of nitrogens with one attached hydrogen (secondary N) is 1. The Kier molecular flexibility index (Phi) is 4.24. The predicted octanol–water partition coefficient (Wildman–Crippen LogP) is 4.16. The summed E-state index contributed by atoms with van der Waals surface area (Å²) >= 11 is 0. The van der Waals surface area contributed by atoms with E-state index in [1.807, 2.05) is 48.2 Å². The van der Waals surface area contributed by atoms with Crippen LogP contribution in [0.5, 0.6) is 0 Å². The van der Waals surface area contributed by atoms with Crippen LogP contribution in [0.1, 0.15) is 48.8 Å². The number of carbonyl (C=O) groups excluding carboxylic acids is 1. The molecule has 2 aliphatic carbocycles. The lowest BCUT2D eigenvalue weighted by Crippen LogP contribution is -2.46. The number of sulfonamides is 1. The maximum absolute atomic E-state index is 12.7. The minimum atomic E-state index is -3.50.